The number of imide groups is 1. The summed E-state index contributed by atoms with van der Waals surface area (Å²) in [5, 5.41) is 0.289. The summed E-state index contributed by atoms with van der Waals surface area (Å²) in [6, 6.07) is 9.80. The molecule has 2 aromatic heterocycles. The van der Waals surface area contributed by atoms with Gasteiger partial charge in [0.05, 0.1) is 18.6 Å². The molecule has 0 spiro atoms. The van der Waals surface area contributed by atoms with Crippen molar-refractivity contribution < 1.29 is 23.9 Å². The van der Waals surface area contributed by atoms with Gasteiger partial charge in [0.2, 0.25) is 5.91 Å². The molecule has 48 heavy (non-hydrogen) atoms. The number of rotatable bonds is 8. The van der Waals surface area contributed by atoms with E-state index in [9.17, 15) is 24.0 Å². The average molecular weight is 714 g/mol. The number of imidazole rings is 1. The molecule has 2 aliphatic rings. The normalized spacial score (nSPS) is 16.0. The van der Waals surface area contributed by atoms with E-state index < -0.39 is 22.4 Å². The summed E-state index contributed by atoms with van der Waals surface area (Å²) in [4.78, 5) is 71.9. The van der Waals surface area contributed by atoms with Gasteiger partial charge in [-0.15, -0.1) is 0 Å². The Morgan fingerprint density at radius 2 is 1.73 bits per heavy atom. The van der Waals surface area contributed by atoms with Crippen LogP contribution in [0, 0.1) is 0 Å². The lowest BCUT2D eigenvalue weighted by molar-refractivity contribution is -0.136. The van der Waals surface area contributed by atoms with Gasteiger partial charge in [0, 0.05) is 37.2 Å². The Kier molecular flexibility index (Phi) is 9.41. The summed E-state index contributed by atoms with van der Waals surface area (Å²) in [7, 11) is 4.31. The van der Waals surface area contributed by atoms with Crippen LogP contribution in [-0.4, -0.2) is 72.3 Å². The number of aryl methyl sites for hydroxylation is 1. The SMILES string of the molecule is COc1cc(/C=C2/SC(=O)N(CC(=O)N3CCCCC3)C2=O)ccc1Oc1nc2c(c(=O)n(C)c(=O)n2C)n1Cc1ccc(Cl)cc1Cl. The number of piperidine rings is 1. The fraction of sp³-hybridized carbons (Fsp3) is 0.312. The highest BCUT2D eigenvalue weighted by molar-refractivity contribution is 8.18. The molecule has 2 aromatic carbocycles. The molecule has 0 N–H and O–H groups in total. The molecule has 0 radical (unpaired) electrons. The van der Waals surface area contributed by atoms with Crippen LogP contribution in [0.25, 0.3) is 17.2 Å². The third-order valence-corrected chi connectivity index (χ3v) is 9.71. The molecule has 4 aromatic rings. The number of fused-ring (bicyclic) bond motifs is 1. The molecule has 2 saturated heterocycles. The molecule has 6 rings (SSSR count). The largest absolute Gasteiger partial charge is 0.493 e. The van der Waals surface area contributed by atoms with Crippen LogP contribution in [0.2, 0.25) is 10.0 Å². The molecule has 13 nitrogen and oxygen atoms in total. The lowest BCUT2D eigenvalue weighted by atomic mass is 10.1. The molecule has 2 fully saturated rings. The zero-order valence-corrected chi connectivity index (χ0v) is 28.5. The second-order valence-corrected chi connectivity index (χ2v) is 13.2. The fourth-order valence-corrected chi connectivity index (χ4v) is 6.90. The number of benzene rings is 2. The number of carbonyl (C=O) groups is 3. The van der Waals surface area contributed by atoms with Crippen molar-refractivity contribution in [2.24, 2.45) is 14.1 Å². The number of nitrogens with zero attached hydrogens (tertiary/aromatic N) is 6. The lowest BCUT2D eigenvalue weighted by Crippen LogP contribution is -2.44. The van der Waals surface area contributed by atoms with Crippen LogP contribution in [0.15, 0.2) is 50.9 Å². The van der Waals surface area contributed by atoms with Gasteiger partial charge in [-0.05, 0) is 72.5 Å². The van der Waals surface area contributed by atoms with Crippen molar-refractivity contribution in [3.63, 3.8) is 0 Å². The van der Waals surface area contributed by atoms with Crippen molar-refractivity contribution in [2.45, 2.75) is 25.8 Å². The van der Waals surface area contributed by atoms with Crippen LogP contribution in [0.5, 0.6) is 17.5 Å². The van der Waals surface area contributed by atoms with Gasteiger partial charge in [-0.2, -0.15) is 4.98 Å². The minimum Gasteiger partial charge on any atom is -0.493 e. The van der Waals surface area contributed by atoms with Gasteiger partial charge in [-0.3, -0.25) is 37.8 Å². The molecular weight excluding hydrogens is 683 g/mol. The zero-order valence-electron chi connectivity index (χ0n) is 26.2. The van der Waals surface area contributed by atoms with Crippen LogP contribution in [0.4, 0.5) is 4.79 Å². The van der Waals surface area contributed by atoms with Crippen molar-refractivity contribution in [3.8, 4) is 17.5 Å². The molecule has 0 saturated carbocycles. The summed E-state index contributed by atoms with van der Waals surface area (Å²) < 4.78 is 15.6. The van der Waals surface area contributed by atoms with Crippen molar-refractivity contribution in [3.05, 3.63) is 83.3 Å². The predicted octanol–water partition coefficient (Wildman–Crippen LogP) is 4.64. The highest BCUT2D eigenvalue weighted by atomic mass is 35.5. The monoisotopic (exact) mass is 712 g/mol. The Morgan fingerprint density at radius 3 is 2.44 bits per heavy atom. The Balaban J connectivity index is 1.31. The van der Waals surface area contributed by atoms with E-state index in [1.807, 2.05) is 0 Å². The molecule has 0 aliphatic carbocycles. The van der Waals surface area contributed by atoms with E-state index in [2.05, 4.69) is 4.98 Å². The maximum absolute atomic E-state index is 13.3. The first-order valence-corrected chi connectivity index (χ1v) is 16.5. The maximum Gasteiger partial charge on any atom is 0.332 e. The summed E-state index contributed by atoms with van der Waals surface area (Å²) in [5.41, 5.74) is 0.239. The Labute approximate surface area is 288 Å². The van der Waals surface area contributed by atoms with E-state index in [0.29, 0.717) is 34.3 Å². The summed E-state index contributed by atoms with van der Waals surface area (Å²) in [6.45, 7) is 1.01. The third-order valence-electron chi connectivity index (χ3n) is 8.22. The number of aromatic nitrogens is 4. The average Bonchev–Trinajstić information content (AvgIpc) is 3.56. The molecule has 0 unspecified atom stereocenters. The van der Waals surface area contributed by atoms with Gasteiger partial charge in [-0.25, -0.2) is 4.79 Å². The van der Waals surface area contributed by atoms with Crippen LogP contribution in [0.3, 0.4) is 0 Å². The summed E-state index contributed by atoms with van der Waals surface area (Å²) >= 11 is 13.3. The van der Waals surface area contributed by atoms with Gasteiger partial charge >= 0.3 is 11.7 Å². The number of likely N-dealkylation sites (tertiary alicyclic amines) is 1. The van der Waals surface area contributed by atoms with E-state index >= 15 is 0 Å². The molecule has 16 heteroatoms. The van der Waals surface area contributed by atoms with Gasteiger partial charge in [0.1, 0.15) is 6.54 Å². The van der Waals surface area contributed by atoms with E-state index in [1.165, 1.54) is 30.3 Å². The lowest BCUT2D eigenvalue weighted by Gasteiger charge is -2.27. The maximum atomic E-state index is 13.3. The number of hydrogen-bond donors (Lipinski definition) is 0. The standard InChI is InChI=1S/C32H30Cl2N6O7S/c1-36-27-26(29(43)37(2)31(36)44)39(16-19-8-9-20(33)15-21(19)34)30(35-27)47-22-10-7-18(13-23(22)46-3)14-24-28(42)40(32(45)48-24)17-25(41)38-11-5-4-6-12-38/h7-10,13-15H,4-6,11-12,16-17H2,1-3H3/b24-14+. The smallest absolute Gasteiger partial charge is 0.332 e. The number of halogens is 2. The van der Waals surface area contributed by atoms with E-state index in [-0.39, 0.29) is 52.6 Å². The predicted molar refractivity (Wildman–Crippen MR) is 182 cm³/mol. The van der Waals surface area contributed by atoms with Crippen LogP contribution in [-0.2, 0) is 30.2 Å². The highest BCUT2D eigenvalue weighted by Gasteiger charge is 2.37. The van der Waals surface area contributed by atoms with Crippen molar-refractivity contribution in [1.82, 2.24) is 28.5 Å². The number of carbonyl (C=O) groups excluding carboxylic acids is 3. The van der Waals surface area contributed by atoms with Crippen molar-refractivity contribution >= 4 is 69.3 Å². The van der Waals surface area contributed by atoms with E-state index in [1.54, 1.807) is 47.4 Å². The van der Waals surface area contributed by atoms with Gasteiger partial charge in [0.25, 0.3) is 16.7 Å². The number of amides is 3. The zero-order chi connectivity index (χ0) is 34.3. The van der Waals surface area contributed by atoms with Crippen molar-refractivity contribution in [2.75, 3.05) is 26.7 Å². The molecular formula is C32H30Cl2N6O7S. The summed E-state index contributed by atoms with van der Waals surface area (Å²) in [5.74, 6) is -0.316. The quantitative estimate of drug-likeness (QED) is 0.239. The second kappa shape index (κ2) is 13.5. The Morgan fingerprint density at radius 1 is 0.979 bits per heavy atom. The van der Waals surface area contributed by atoms with E-state index in [4.69, 9.17) is 32.7 Å². The molecule has 250 valence electrons. The Hall–Kier alpha value is -4.53. The van der Waals surface area contributed by atoms with Crippen LogP contribution >= 0.6 is 35.0 Å². The minimum absolute atomic E-state index is 0.0140. The number of thioether (sulfide) groups is 1. The van der Waals surface area contributed by atoms with Gasteiger partial charge in [0.15, 0.2) is 22.7 Å². The first kappa shape index (κ1) is 33.4. The number of methoxy groups -OCH3 is 1. The molecule has 2 aliphatic heterocycles. The van der Waals surface area contributed by atoms with Crippen LogP contribution < -0.4 is 20.7 Å². The van der Waals surface area contributed by atoms with E-state index in [0.717, 1.165) is 40.5 Å². The van der Waals surface area contributed by atoms with Crippen molar-refractivity contribution in [1.29, 1.82) is 0 Å². The number of ether oxygens (including phenoxy) is 2. The van der Waals surface area contributed by atoms with Crippen LogP contribution in [0.1, 0.15) is 30.4 Å². The number of hydrogen-bond acceptors (Lipinski definition) is 9. The minimum atomic E-state index is -0.575. The molecule has 0 bridgehead atoms. The molecule has 0 atom stereocenters. The third kappa shape index (κ3) is 6.34. The van der Waals surface area contributed by atoms with Gasteiger partial charge in [-0.1, -0.05) is 35.3 Å². The first-order valence-electron chi connectivity index (χ1n) is 15.0. The fourth-order valence-electron chi connectivity index (χ4n) is 5.59. The summed E-state index contributed by atoms with van der Waals surface area (Å²) in [6.07, 6.45) is 4.41. The first-order chi connectivity index (χ1) is 23.0. The van der Waals surface area contributed by atoms with Gasteiger partial charge < -0.3 is 14.4 Å². The molecule has 4 heterocycles. The highest BCUT2D eigenvalue weighted by Crippen LogP contribution is 2.37. The second-order valence-electron chi connectivity index (χ2n) is 11.3. The Bertz CT molecular complexity index is 2130. The molecule has 3 amide bonds. The topological polar surface area (TPSA) is 138 Å².